The van der Waals surface area contributed by atoms with Crippen molar-refractivity contribution >= 4 is 22.2 Å². The number of carbonyl (C=O) groups is 1. The van der Waals surface area contributed by atoms with E-state index in [1.807, 2.05) is 19.1 Å². The third kappa shape index (κ3) is 3.77. The van der Waals surface area contributed by atoms with Crippen LogP contribution < -0.4 is 0 Å². The van der Waals surface area contributed by atoms with Crippen LogP contribution in [0, 0.1) is 10.1 Å². The first-order valence-corrected chi connectivity index (χ1v) is 6.40. The highest BCUT2D eigenvalue weighted by Gasteiger charge is 2.23. The highest BCUT2D eigenvalue weighted by atomic mass is 79.9. The molecule has 1 unspecified atom stereocenters. The Morgan fingerprint density at radius 1 is 1.50 bits per heavy atom. The molecule has 0 bridgehead atoms. The summed E-state index contributed by atoms with van der Waals surface area (Å²) in [5.74, 6) is -0.506. The van der Waals surface area contributed by atoms with Crippen LogP contribution >= 0.6 is 15.9 Å². The average molecular weight is 312 g/mol. The maximum absolute atomic E-state index is 11.1. The Balaban J connectivity index is 3.20. The van der Waals surface area contributed by atoms with Gasteiger partial charge in [-0.1, -0.05) is 47.1 Å². The molecule has 0 radical (unpaired) electrons. The third-order valence-corrected chi connectivity index (χ3v) is 3.31. The van der Waals surface area contributed by atoms with E-state index in [0.717, 1.165) is 10.0 Å². The second-order valence-corrected chi connectivity index (χ2v) is 4.67. The average Bonchev–Trinajstić information content (AvgIpc) is 2.34. The lowest BCUT2D eigenvalue weighted by Gasteiger charge is -2.15. The van der Waals surface area contributed by atoms with Crippen molar-refractivity contribution < 1.29 is 9.72 Å². The number of hydrogen-bond donors (Lipinski definition) is 0. The van der Waals surface area contributed by atoms with Gasteiger partial charge in [0.05, 0.1) is 5.92 Å². The fourth-order valence-corrected chi connectivity index (χ4v) is 2.36. The summed E-state index contributed by atoms with van der Waals surface area (Å²) in [6.45, 7) is 1.61. The number of nitro groups is 1. The van der Waals surface area contributed by atoms with Gasteiger partial charge in [0.15, 0.2) is 0 Å². The molecule has 0 aliphatic rings. The zero-order chi connectivity index (χ0) is 13.5. The Morgan fingerprint density at radius 3 is 2.67 bits per heavy atom. The van der Waals surface area contributed by atoms with Crippen molar-refractivity contribution in [2.45, 2.75) is 19.3 Å². The van der Waals surface area contributed by atoms with Crippen molar-refractivity contribution in [3.63, 3.8) is 0 Å². The summed E-state index contributed by atoms with van der Waals surface area (Å²) in [4.78, 5) is 21.5. The van der Waals surface area contributed by atoms with Gasteiger partial charge in [-0.3, -0.25) is 14.9 Å². The zero-order valence-electron chi connectivity index (χ0n) is 10.0. The van der Waals surface area contributed by atoms with E-state index in [0.29, 0.717) is 18.3 Å². The fraction of sp³-hybridized carbons (Fsp3) is 0.308. The summed E-state index contributed by atoms with van der Waals surface area (Å²) in [6, 6.07) is 7.25. The number of halogens is 1. The Labute approximate surface area is 114 Å². The van der Waals surface area contributed by atoms with Crippen molar-refractivity contribution in [2.75, 3.05) is 6.54 Å². The molecule has 0 N–H and O–H groups in total. The smallest absolute Gasteiger partial charge is 0.214 e. The number of benzene rings is 1. The largest absolute Gasteiger partial charge is 0.298 e. The summed E-state index contributed by atoms with van der Waals surface area (Å²) >= 11 is 3.37. The predicted octanol–water partition coefficient (Wildman–Crippen LogP) is 3.34. The molecule has 0 heterocycles. The van der Waals surface area contributed by atoms with Crippen molar-refractivity contribution in [3.8, 4) is 0 Å². The molecule has 0 spiro atoms. The number of rotatable bonds is 6. The van der Waals surface area contributed by atoms with Gasteiger partial charge in [-0.15, -0.1) is 0 Å². The Bertz CT molecular complexity index is 471. The Morgan fingerprint density at radius 2 is 2.17 bits per heavy atom. The maximum atomic E-state index is 11.1. The van der Waals surface area contributed by atoms with Gasteiger partial charge >= 0.3 is 0 Å². The number of allylic oxidation sites excluding steroid dienone is 1. The number of hydrogen-bond acceptors (Lipinski definition) is 3. The minimum Gasteiger partial charge on any atom is -0.298 e. The van der Waals surface area contributed by atoms with Crippen LogP contribution in [0.3, 0.4) is 0 Å². The van der Waals surface area contributed by atoms with Crippen LogP contribution in [0.15, 0.2) is 40.4 Å². The molecular weight excluding hydrogens is 298 g/mol. The SMILES string of the molecule is CC/C=C(/C=O)C(C[N+](=O)[O-])c1ccccc1Br. The lowest BCUT2D eigenvalue weighted by molar-refractivity contribution is -0.481. The zero-order valence-corrected chi connectivity index (χ0v) is 11.6. The van der Waals surface area contributed by atoms with Crippen LogP contribution in [0.4, 0.5) is 0 Å². The maximum Gasteiger partial charge on any atom is 0.214 e. The third-order valence-electron chi connectivity index (χ3n) is 2.59. The topological polar surface area (TPSA) is 60.2 Å². The van der Waals surface area contributed by atoms with Gasteiger partial charge in [-0.2, -0.15) is 0 Å². The van der Waals surface area contributed by atoms with E-state index in [-0.39, 0.29) is 6.54 Å². The molecule has 0 aromatic heterocycles. The van der Waals surface area contributed by atoms with E-state index >= 15 is 0 Å². The van der Waals surface area contributed by atoms with E-state index in [4.69, 9.17) is 0 Å². The molecule has 0 aliphatic carbocycles. The van der Waals surface area contributed by atoms with Crippen molar-refractivity contribution in [1.29, 1.82) is 0 Å². The number of nitrogens with zero attached hydrogens (tertiary/aromatic N) is 1. The summed E-state index contributed by atoms with van der Waals surface area (Å²) < 4.78 is 0.778. The van der Waals surface area contributed by atoms with Gasteiger partial charge in [-0.25, -0.2) is 0 Å². The second-order valence-electron chi connectivity index (χ2n) is 3.82. The van der Waals surface area contributed by atoms with Gasteiger partial charge in [0.2, 0.25) is 6.54 Å². The van der Waals surface area contributed by atoms with E-state index in [9.17, 15) is 14.9 Å². The minimum absolute atomic E-state index is 0.285. The molecule has 1 aromatic carbocycles. The molecule has 96 valence electrons. The summed E-state index contributed by atoms with van der Waals surface area (Å²) in [5, 5.41) is 10.8. The van der Waals surface area contributed by atoms with Crippen molar-refractivity contribution in [2.24, 2.45) is 0 Å². The fourth-order valence-electron chi connectivity index (χ4n) is 1.80. The molecule has 0 amide bonds. The highest BCUT2D eigenvalue weighted by Crippen LogP contribution is 2.30. The molecule has 4 nitrogen and oxygen atoms in total. The predicted molar refractivity (Wildman–Crippen MR) is 73.2 cm³/mol. The molecule has 5 heteroatoms. The van der Waals surface area contributed by atoms with E-state index in [1.165, 1.54) is 0 Å². The Kier molecular flexibility index (Phi) is 5.71. The van der Waals surface area contributed by atoms with Crippen LogP contribution in [0.2, 0.25) is 0 Å². The van der Waals surface area contributed by atoms with Gasteiger partial charge in [0.25, 0.3) is 0 Å². The van der Waals surface area contributed by atoms with Crippen LogP contribution in [0.1, 0.15) is 24.8 Å². The number of carbonyl (C=O) groups excluding carboxylic acids is 1. The van der Waals surface area contributed by atoms with Crippen molar-refractivity contribution in [3.05, 3.63) is 56.1 Å². The van der Waals surface area contributed by atoms with E-state index < -0.39 is 10.8 Å². The standard InChI is InChI=1S/C13H14BrNO3/c1-2-5-10(9-16)12(8-15(17)18)11-6-3-4-7-13(11)14/h3-7,9,12H,2,8H2,1H3/b10-5-. The van der Waals surface area contributed by atoms with Gasteiger partial charge in [0.1, 0.15) is 6.29 Å². The van der Waals surface area contributed by atoms with Crippen LogP contribution in [-0.4, -0.2) is 17.8 Å². The first kappa shape index (κ1) is 14.6. The quantitative estimate of drug-likeness (QED) is 0.350. The minimum atomic E-state index is -0.506. The molecule has 0 fully saturated rings. The molecule has 18 heavy (non-hydrogen) atoms. The number of aldehydes is 1. The lowest BCUT2D eigenvalue weighted by Crippen LogP contribution is -2.16. The first-order chi connectivity index (χ1) is 8.60. The molecule has 1 rings (SSSR count). The lowest BCUT2D eigenvalue weighted by atomic mass is 9.91. The Hall–Kier alpha value is -1.49. The van der Waals surface area contributed by atoms with E-state index in [1.54, 1.807) is 18.2 Å². The summed E-state index contributed by atoms with van der Waals surface area (Å²) in [7, 11) is 0. The second kappa shape index (κ2) is 7.06. The van der Waals surface area contributed by atoms with E-state index in [2.05, 4.69) is 15.9 Å². The van der Waals surface area contributed by atoms with Crippen LogP contribution in [0.25, 0.3) is 0 Å². The normalized spacial score (nSPS) is 13.1. The molecule has 0 saturated carbocycles. The molecule has 0 aliphatic heterocycles. The first-order valence-electron chi connectivity index (χ1n) is 5.61. The molecular formula is C13H14BrNO3. The summed E-state index contributed by atoms with van der Waals surface area (Å²) in [5.41, 5.74) is 1.22. The van der Waals surface area contributed by atoms with Gasteiger partial charge in [0, 0.05) is 15.0 Å². The summed E-state index contributed by atoms with van der Waals surface area (Å²) in [6.07, 6.45) is 3.12. The van der Waals surface area contributed by atoms with Crippen LogP contribution in [-0.2, 0) is 4.79 Å². The van der Waals surface area contributed by atoms with Crippen molar-refractivity contribution in [1.82, 2.24) is 0 Å². The monoisotopic (exact) mass is 311 g/mol. The molecule has 1 atom stereocenters. The van der Waals surface area contributed by atoms with Gasteiger partial charge < -0.3 is 0 Å². The van der Waals surface area contributed by atoms with Gasteiger partial charge in [-0.05, 0) is 18.1 Å². The van der Waals surface area contributed by atoms with Crippen LogP contribution in [0.5, 0.6) is 0 Å². The molecule has 1 aromatic rings. The highest BCUT2D eigenvalue weighted by molar-refractivity contribution is 9.10. The molecule has 0 saturated heterocycles.